The summed E-state index contributed by atoms with van der Waals surface area (Å²) in [5.74, 6) is 1.38. The summed E-state index contributed by atoms with van der Waals surface area (Å²) in [6.07, 6.45) is 3.35. The van der Waals surface area contributed by atoms with Gasteiger partial charge in [-0.2, -0.15) is 0 Å². The number of hydrogen-bond donors (Lipinski definition) is 1. The predicted octanol–water partition coefficient (Wildman–Crippen LogP) is 9.73. The van der Waals surface area contributed by atoms with Gasteiger partial charge in [0.25, 0.3) is 0 Å². The van der Waals surface area contributed by atoms with E-state index >= 15 is 0 Å². The molecular weight excluding hydrogens is 590 g/mol. The minimum atomic E-state index is -0.305. The lowest BCUT2D eigenvalue weighted by Crippen LogP contribution is -2.33. The lowest BCUT2D eigenvalue weighted by atomic mass is 10.1. The highest BCUT2D eigenvalue weighted by Crippen LogP contribution is 2.38. The third-order valence-electron chi connectivity index (χ3n) is 9.31. The molecule has 10 rings (SSSR count). The third kappa shape index (κ3) is 4.16. The fourth-order valence-electron chi connectivity index (χ4n) is 7.08. The molecule has 0 radical (unpaired) electrons. The van der Waals surface area contributed by atoms with Crippen molar-refractivity contribution in [1.29, 1.82) is 0 Å². The maximum Gasteiger partial charge on any atom is 0.159 e. The van der Waals surface area contributed by atoms with Crippen molar-refractivity contribution >= 4 is 66.2 Å². The van der Waals surface area contributed by atoms with Gasteiger partial charge in [-0.05, 0) is 46.7 Å². The zero-order chi connectivity index (χ0) is 31.6. The highest BCUT2D eigenvalue weighted by molar-refractivity contribution is 6.22. The second kappa shape index (κ2) is 10.5. The van der Waals surface area contributed by atoms with Crippen LogP contribution in [0.15, 0.2) is 166 Å². The molecule has 0 aliphatic carbocycles. The zero-order valence-electron chi connectivity index (χ0n) is 25.7. The van der Waals surface area contributed by atoms with Crippen LogP contribution in [-0.4, -0.2) is 21.2 Å². The molecule has 1 N–H and O–H groups in total. The number of fused-ring (bicyclic) bond motifs is 7. The van der Waals surface area contributed by atoms with Crippen LogP contribution in [0.4, 0.5) is 0 Å². The van der Waals surface area contributed by atoms with Crippen LogP contribution in [0, 0.1) is 0 Å². The van der Waals surface area contributed by atoms with E-state index in [0.29, 0.717) is 17.3 Å². The molecule has 4 heterocycles. The van der Waals surface area contributed by atoms with E-state index in [2.05, 4.69) is 106 Å². The number of aliphatic imine (C=N–C) groups is 2. The molecule has 0 fully saturated rings. The number of furan rings is 1. The Morgan fingerprint density at radius 1 is 0.604 bits per heavy atom. The Kier molecular flexibility index (Phi) is 5.84. The van der Waals surface area contributed by atoms with Gasteiger partial charge in [0.1, 0.15) is 17.6 Å². The van der Waals surface area contributed by atoms with Crippen molar-refractivity contribution in [2.24, 2.45) is 9.98 Å². The van der Waals surface area contributed by atoms with Crippen molar-refractivity contribution in [1.82, 2.24) is 14.9 Å². The van der Waals surface area contributed by atoms with Crippen molar-refractivity contribution in [2.45, 2.75) is 6.17 Å². The number of pyridine rings is 1. The normalized spacial score (nSPS) is 14.9. The molecule has 0 amide bonds. The Morgan fingerprint density at radius 3 is 2.21 bits per heavy atom. The first-order chi connectivity index (χ1) is 23.8. The first-order valence-electron chi connectivity index (χ1n) is 16.0. The number of benzene rings is 6. The number of nitrogens with one attached hydrogen (secondary N) is 1. The fraction of sp³-hybridized carbons (Fsp3) is 0.0238. The highest BCUT2D eigenvalue weighted by atomic mass is 16.3. The highest BCUT2D eigenvalue weighted by Gasteiger charge is 2.24. The molecule has 3 aromatic heterocycles. The summed E-state index contributed by atoms with van der Waals surface area (Å²) >= 11 is 0. The molecule has 1 aliphatic rings. The maximum absolute atomic E-state index is 6.55. The zero-order valence-corrected chi connectivity index (χ0v) is 25.7. The molecule has 0 bridgehead atoms. The minimum Gasteiger partial charge on any atom is -0.454 e. The van der Waals surface area contributed by atoms with Gasteiger partial charge in [-0.1, -0.05) is 103 Å². The van der Waals surface area contributed by atoms with E-state index in [1.807, 2.05) is 54.7 Å². The van der Waals surface area contributed by atoms with Crippen LogP contribution in [0.5, 0.6) is 0 Å². The average molecular weight is 618 g/mol. The summed E-state index contributed by atoms with van der Waals surface area (Å²) in [4.78, 5) is 14.7. The van der Waals surface area contributed by atoms with E-state index in [-0.39, 0.29) is 6.17 Å². The van der Waals surface area contributed by atoms with Crippen LogP contribution < -0.4 is 5.32 Å². The van der Waals surface area contributed by atoms with E-state index in [4.69, 9.17) is 14.4 Å². The molecule has 9 aromatic rings. The van der Waals surface area contributed by atoms with Crippen LogP contribution in [0.3, 0.4) is 0 Å². The molecule has 226 valence electrons. The van der Waals surface area contributed by atoms with Gasteiger partial charge in [-0.15, -0.1) is 0 Å². The van der Waals surface area contributed by atoms with Crippen LogP contribution in [-0.2, 0) is 0 Å². The van der Waals surface area contributed by atoms with Gasteiger partial charge in [0, 0.05) is 50.6 Å². The number of rotatable bonds is 4. The molecule has 0 saturated carbocycles. The Bertz CT molecular complexity index is 2760. The van der Waals surface area contributed by atoms with Crippen molar-refractivity contribution < 1.29 is 4.42 Å². The summed E-state index contributed by atoms with van der Waals surface area (Å²) in [7, 11) is 0. The topological polar surface area (TPSA) is 67.7 Å². The van der Waals surface area contributed by atoms with Gasteiger partial charge < -0.3 is 14.3 Å². The van der Waals surface area contributed by atoms with E-state index in [1.54, 1.807) is 6.20 Å². The molecule has 0 spiro atoms. The number of amidine groups is 2. The average Bonchev–Trinajstić information content (AvgIpc) is 3.69. The standard InChI is InChI=1S/C42H27N5O/c1-3-11-26(12-4-1)40-44-41(27-13-5-2-6-14-27)46-42(45-40)34-24-43-25-38-39(34)32-20-19-30(23-37(32)48-38)47-35-18-10-9-17-31(35)33-21-28-15-7-8-16-29(28)22-36(33)47/h1-25,40H,(H,44,45,46). The Labute approximate surface area is 275 Å². The Hall–Kier alpha value is -6.53. The molecule has 6 aromatic carbocycles. The largest absolute Gasteiger partial charge is 0.454 e. The number of para-hydroxylation sites is 1. The number of nitrogens with zero attached hydrogens (tertiary/aromatic N) is 4. The van der Waals surface area contributed by atoms with Crippen molar-refractivity contribution in [3.8, 4) is 5.69 Å². The van der Waals surface area contributed by atoms with Crippen LogP contribution in [0.25, 0.3) is 60.2 Å². The SMILES string of the molecule is c1ccc(C2=NC(c3ccccc3)NC(c3cncc4oc5cc(-n6c7ccccc7c7cc8ccccc8cc76)ccc5c34)=N2)cc1. The predicted molar refractivity (Wildman–Crippen MR) is 195 cm³/mol. The summed E-state index contributed by atoms with van der Waals surface area (Å²) in [5.41, 5.74) is 7.72. The van der Waals surface area contributed by atoms with Crippen LogP contribution in [0.1, 0.15) is 22.9 Å². The molecule has 1 aliphatic heterocycles. The molecule has 1 unspecified atom stereocenters. The fourth-order valence-corrected chi connectivity index (χ4v) is 7.08. The minimum absolute atomic E-state index is 0.305. The van der Waals surface area contributed by atoms with Crippen LogP contribution in [0.2, 0.25) is 0 Å². The molecular formula is C42H27N5O. The van der Waals surface area contributed by atoms with Gasteiger partial charge in [0.05, 0.1) is 17.2 Å². The smallest absolute Gasteiger partial charge is 0.159 e. The van der Waals surface area contributed by atoms with Gasteiger partial charge in [0.2, 0.25) is 0 Å². The third-order valence-corrected chi connectivity index (χ3v) is 9.31. The lowest BCUT2D eigenvalue weighted by molar-refractivity contribution is 0.665. The summed E-state index contributed by atoms with van der Waals surface area (Å²) in [5, 5.41) is 10.5. The van der Waals surface area contributed by atoms with Gasteiger partial charge in [0.15, 0.2) is 11.4 Å². The monoisotopic (exact) mass is 617 g/mol. The van der Waals surface area contributed by atoms with Gasteiger partial charge >= 0.3 is 0 Å². The van der Waals surface area contributed by atoms with E-state index < -0.39 is 0 Å². The number of hydrogen-bond acceptors (Lipinski definition) is 5. The molecule has 1 atom stereocenters. The van der Waals surface area contributed by atoms with Crippen molar-refractivity contribution in [2.75, 3.05) is 0 Å². The molecule has 0 saturated heterocycles. The van der Waals surface area contributed by atoms with E-state index in [1.165, 1.54) is 21.5 Å². The second-order valence-electron chi connectivity index (χ2n) is 12.1. The van der Waals surface area contributed by atoms with Gasteiger partial charge in [-0.3, -0.25) is 4.98 Å². The van der Waals surface area contributed by atoms with E-state index in [0.717, 1.165) is 49.8 Å². The maximum atomic E-state index is 6.55. The number of aromatic nitrogens is 2. The summed E-state index contributed by atoms with van der Waals surface area (Å²) in [6, 6.07) is 48.5. The summed E-state index contributed by atoms with van der Waals surface area (Å²) in [6.45, 7) is 0. The second-order valence-corrected chi connectivity index (χ2v) is 12.1. The van der Waals surface area contributed by atoms with Crippen LogP contribution >= 0.6 is 0 Å². The molecule has 6 nitrogen and oxygen atoms in total. The first-order valence-corrected chi connectivity index (χ1v) is 16.0. The Morgan fingerprint density at radius 2 is 1.35 bits per heavy atom. The first kappa shape index (κ1) is 26.7. The van der Waals surface area contributed by atoms with E-state index in [9.17, 15) is 0 Å². The van der Waals surface area contributed by atoms with Gasteiger partial charge in [-0.25, -0.2) is 9.98 Å². The molecule has 48 heavy (non-hydrogen) atoms. The van der Waals surface area contributed by atoms with Crippen molar-refractivity contribution in [3.63, 3.8) is 0 Å². The van der Waals surface area contributed by atoms with Crippen molar-refractivity contribution in [3.05, 3.63) is 169 Å². The lowest BCUT2D eigenvalue weighted by Gasteiger charge is -2.23. The quantitative estimate of drug-likeness (QED) is 0.214. The molecule has 6 heteroatoms. The summed E-state index contributed by atoms with van der Waals surface area (Å²) < 4.78 is 8.89. The Balaban J connectivity index is 1.15.